The molecule has 0 aliphatic heterocycles. The molecular formula is C15H19BrN8O. The van der Waals surface area contributed by atoms with Crippen molar-refractivity contribution < 1.29 is 4.74 Å². The third-order valence-electron chi connectivity index (χ3n) is 3.77. The Balaban J connectivity index is 1.90. The zero-order valence-electron chi connectivity index (χ0n) is 14.6. The monoisotopic (exact) mass is 406 g/mol. The van der Waals surface area contributed by atoms with E-state index in [-0.39, 0.29) is 0 Å². The molecule has 0 aliphatic rings. The van der Waals surface area contributed by atoms with E-state index in [1.807, 2.05) is 38.7 Å². The Morgan fingerprint density at radius 1 is 1.24 bits per heavy atom. The first-order chi connectivity index (χ1) is 11.8. The summed E-state index contributed by atoms with van der Waals surface area (Å²) in [6.45, 7) is 5.94. The molecule has 0 saturated heterocycles. The van der Waals surface area contributed by atoms with E-state index < -0.39 is 5.54 Å². The second-order valence-corrected chi connectivity index (χ2v) is 6.90. The summed E-state index contributed by atoms with van der Waals surface area (Å²) in [6.07, 6.45) is 5.20. The molecule has 3 aromatic rings. The van der Waals surface area contributed by atoms with E-state index in [4.69, 9.17) is 4.74 Å². The Kier molecular flexibility index (Phi) is 4.46. The van der Waals surface area contributed by atoms with Crippen LogP contribution in [0.2, 0.25) is 0 Å². The van der Waals surface area contributed by atoms with E-state index in [0.29, 0.717) is 22.1 Å². The van der Waals surface area contributed by atoms with Crippen molar-refractivity contribution in [2.45, 2.75) is 26.3 Å². The van der Waals surface area contributed by atoms with Gasteiger partial charge in [0, 0.05) is 13.2 Å². The van der Waals surface area contributed by atoms with E-state index in [1.54, 1.807) is 24.3 Å². The molecule has 132 valence electrons. The fourth-order valence-electron chi connectivity index (χ4n) is 2.27. The second-order valence-electron chi connectivity index (χ2n) is 6.05. The topological polar surface area (TPSA) is 95.6 Å². The second kappa shape index (κ2) is 6.43. The van der Waals surface area contributed by atoms with Crippen molar-refractivity contribution in [3.8, 4) is 5.88 Å². The van der Waals surface area contributed by atoms with Crippen molar-refractivity contribution in [2.24, 2.45) is 7.05 Å². The quantitative estimate of drug-likeness (QED) is 0.694. The lowest BCUT2D eigenvalue weighted by Crippen LogP contribution is -2.30. The Bertz CT molecular complexity index is 901. The SMILES string of the molecule is COc1nc(Nc2cn(C(C)(C)c3ncn(C)n3)nc2C)ncc1Br. The van der Waals surface area contributed by atoms with Gasteiger partial charge in [-0.15, -0.1) is 0 Å². The third kappa shape index (κ3) is 3.34. The van der Waals surface area contributed by atoms with Crippen molar-refractivity contribution in [1.82, 2.24) is 34.5 Å². The van der Waals surface area contributed by atoms with Gasteiger partial charge in [-0.25, -0.2) is 9.97 Å². The Labute approximate surface area is 153 Å². The fraction of sp³-hybridized carbons (Fsp3) is 0.400. The van der Waals surface area contributed by atoms with Crippen molar-refractivity contribution in [3.63, 3.8) is 0 Å². The maximum atomic E-state index is 5.20. The average molecular weight is 407 g/mol. The van der Waals surface area contributed by atoms with Gasteiger partial charge in [0.1, 0.15) is 11.9 Å². The lowest BCUT2D eigenvalue weighted by Gasteiger charge is -2.21. The van der Waals surface area contributed by atoms with Gasteiger partial charge in [-0.05, 0) is 36.7 Å². The van der Waals surface area contributed by atoms with E-state index in [9.17, 15) is 0 Å². The highest BCUT2D eigenvalue weighted by Gasteiger charge is 2.29. The van der Waals surface area contributed by atoms with Crippen LogP contribution in [0.1, 0.15) is 25.4 Å². The van der Waals surface area contributed by atoms with Gasteiger partial charge in [0.05, 0.1) is 29.2 Å². The van der Waals surface area contributed by atoms with E-state index in [2.05, 4.69) is 46.4 Å². The molecule has 0 amide bonds. The molecule has 3 aromatic heterocycles. The summed E-state index contributed by atoms with van der Waals surface area (Å²) in [5.74, 6) is 1.57. The number of anilines is 2. The lowest BCUT2D eigenvalue weighted by atomic mass is 10.1. The van der Waals surface area contributed by atoms with Crippen molar-refractivity contribution >= 4 is 27.6 Å². The molecular weight excluding hydrogens is 388 g/mol. The molecule has 0 aliphatic carbocycles. The number of methoxy groups -OCH3 is 1. The smallest absolute Gasteiger partial charge is 0.232 e. The zero-order valence-corrected chi connectivity index (χ0v) is 16.2. The molecule has 3 rings (SSSR count). The molecule has 1 N–H and O–H groups in total. The molecule has 0 radical (unpaired) electrons. The first kappa shape index (κ1) is 17.3. The minimum Gasteiger partial charge on any atom is -0.480 e. The van der Waals surface area contributed by atoms with Crippen molar-refractivity contribution in [1.29, 1.82) is 0 Å². The summed E-state index contributed by atoms with van der Waals surface area (Å²) in [5.41, 5.74) is 1.12. The molecule has 0 aromatic carbocycles. The predicted octanol–water partition coefficient (Wildman–Crippen LogP) is 2.41. The van der Waals surface area contributed by atoms with Crippen LogP contribution in [-0.4, -0.2) is 41.6 Å². The summed E-state index contributed by atoms with van der Waals surface area (Å²) >= 11 is 3.34. The molecule has 9 nitrogen and oxygen atoms in total. The highest BCUT2D eigenvalue weighted by atomic mass is 79.9. The maximum absolute atomic E-state index is 5.20. The summed E-state index contributed by atoms with van der Waals surface area (Å²) < 4.78 is 9.39. The number of nitrogens with one attached hydrogen (secondary N) is 1. The van der Waals surface area contributed by atoms with Crippen LogP contribution in [0, 0.1) is 6.92 Å². The van der Waals surface area contributed by atoms with Crippen LogP contribution in [0.5, 0.6) is 5.88 Å². The van der Waals surface area contributed by atoms with Gasteiger partial charge in [0.15, 0.2) is 5.82 Å². The minimum atomic E-state index is -0.496. The maximum Gasteiger partial charge on any atom is 0.232 e. The summed E-state index contributed by atoms with van der Waals surface area (Å²) in [6, 6.07) is 0. The number of nitrogens with zero attached hydrogens (tertiary/aromatic N) is 7. The van der Waals surface area contributed by atoms with Crippen LogP contribution in [0.3, 0.4) is 0 Å². The molecule has 0 bridgehead atoms. The summed E-state index contributed by atoms with van der Waals surface area (Å²) in [4.78, 5) is 12.9. The van der Waals surface area contributed by atoms with Gasteiger partial charge in [-0.3, -0.25) is 9.36 Å². The first-order valence-electron chi connectivity index (χ1n) is 7.57. The van der Waals surface area contributed by atoms with E-state index in [1.165, 1.54) is 0 Å². The average Bonchev–Trinajstić information content (AvgIpc) is 3.16. The van der Waals surface area contributed by atoms with Gasteiger partial charge >= 0.3 is 0 Å². The fourth-order valence-corrected chi connectivity index (χ4v) is 2.62. The van der Waals surface area contributed by atoms with Crippen LogP contribution in [0.4, 0.5) is 11.6 Å². The highest BCUT2D eigenvalue weighted by molar-refractivity contribution is 9.10. The molecule has 3 heterocycles. The van der Waals surface area contributed by atoms with Gasteiger partial charge in [0.25, 0.3) is 0 Å². The highest BCUT2D eigenvalue weighted by Crippen LogP contribution is 2.27. The van der Waals surface area contributed by atoms with Gasteiger partial charge in [0.2, 0.25) is 11.8 Å². The number of aryl methyl sites for hydroxylation is 2. The molecule has 0 fully saturated rings. The molecule has 0 saturated carbocycles. The number of hydrogen-bond donors (Lipinski definition) is 1. The molecule has 0 spiro atoms. The van der Waals surface area contributed by atoms with Crippen LogP contribution in [0.15, 0.2) is 23.2 Å². The van der Waals surface area contributed by atoms with Crippen molar-refractivity contribution in [3.05, 3.63) is 34.7 Å². The predicted molar refractivity (Wildman–Crippen MR) is 96.0 cm³/mol. The van der Waals surface area contributed by atoms with Crippen LogP contribution in [-0.2, 0) is 12.6 Å². The number of rotatable bonds is 5. The molecule has 25 heavy (non-hydrogen) atoms. The molecule has 0 atom stereocenters. The Morgan fingerprint density at radius 3 is 2.64 bits per heavy atom. The normalized spacial score (nSPS) is 11.6. The number of ether oxygens (including phenoxy) is 1. The summed E-state index contributed by atoms with van der Waals surface area (Å²) in [7, 11) is 3.40. The lowest BCUT2D eigenvalue weighted by molar-refractivity contribution is 0.365. The van der Waals surface area contributed by atoms with Crippen molar-refractivity contribution in [2.75, 3.05) is 12.4 Å². The van der Waals surface area contributed by atoms with Gasteiger partial charge in [-0.1, -0.05) is 0 Å². The zero-order chi connectivity index (χ0) is 18.2. The number of hydrogen-bond acceptors (Lipinski definition) is 7. The van der Waals surface area contributed by atoms with Crippen LogP contribution < -0.4 is 10.1 Å². The Morgan fingerprint density at radius 2 is 2.00 bits per heavy atom. The van der Waals surface area contributed by atoms with Crippen LogP contribution in [0.25, 0.3) is 0 Å². The van der Waals surface area contributed by atoms with Gasteiger partial charge in [-0.2, -0.15) is 15.2 Å². The van der Waals surface area contributed by atoms with Gasteiger partial charge < -0.3 is 10.1 Å². The number of aromatic nitrogens is 7. The van der Waals surface area contributed by atoms with E-state index in [0.717, 1.165) is 11.4 Å². The van der Waals surface area contributed by atoms with E-state index >= 15 is 0 Å². The third-order valence-corrected chi connectivity index (χ3v) is 4.31. The molecule has 10 heteroatoms. The Hall–Kier alpha value is -2.49. The van der Waals surface area contributed by atoms with Crippen LogP contribution >= 0.6 is 15.9 Å². The minimum absolute atomic E-state index is 0.427. The number of halogens is 1. The largest absolute Gasteiger partial charge is 0.480 e. The standard InChI is InChI=1S/C15H19BrN8O/c1-9-11(19-14-17-6-10(16)12(20-14)25-5)7-24(21-9)15(2,3)13-18-8-23(4)22-13/h6-8H,1-5H3,(H,17,19,20). The molecule has 0 unspecified atom stereocenters. The summed E-state index contributed by atoms with van der Waals surface area (Å²) in [5, 5.41) is 12.2. The first-order valence-corrected chi connectivity index (χ1v) is 8.37.